The fraction of sp³-hybridized carbons (Fsp3) is 0.500. The number of amides is 3. The number of rotatable bonds is 5. The second-order valence-corrected chi connectivity index (χ2v) is 2.40. The first-order valence-electron chi connectivity index (χ1n) is 3.54. The summed E-state index contributed by atoms with van der Waals surface area (Å²) in [6, 6.07) is -1.08. The number of carbonyl (C=O) groups excluding carboxylic acids is 3. The zero-order valence-electron chi connectivity index (χ0n) is 6.95. The number of primary amides is 2. The third kappa shape index (κ3) is 4.75. The minimum absolute atomic E-state index is 0.275. The van der Waals surface area contributed by atoms with Crippen LogP contribution >= 0.6 is 0 Å². The first-order valence-corrected chi connectivity index (χ1v) is 3.54. The summed E-state index contributed by atoms with van der Waals surface area (Å²) in [6.07, 6.45) is -0.318. The summed E-state index contributed by atoms with van der Waals surface area (Å²) in [5.41, 5.74) is 14.7. The van der Waals surface area contributed by atoms with Gasteiger partial charge in [-0.3, -0.25) is 14.4 Å². The van der Waals surface area contributed by atoms with Crippen molar-refractivity contribution in [2.45, 2.75) is 12.5 Å². The molecule has 7 N–H and O–H groups in total. The number of nitrogens with two attached hydrogens (primary N) is 3. The van der Waals surface area contributed by atoms with E-state index in [2.05, 4.69) is 5.32 Å². The third-order valence-electron chi connectivity index (χ3n) is 1.27. The van der Waals surface area contributed by atoms with Crippen molar-refractivity contribution in [1.82, 2.24) is 5.32 Å². The van der Waals surface area contributed by atoms with Gasteiger partial charge in [-0.2, -0.15) is 0 Å². The molecule has 0 aromatic heterocycles. The van der Waals surface area contributed by atoms with Crippen LogP contribution in [0.5, 0.6) is 0 Å². The van der Waals surface area contributed by atoms with E-state index in [-0.39, 0.29) is 13.0 Å². The van der Waals surface area contributed by atoms with Crippen LogP contribution in [-0.4, -0.2) is 30.3 Å². The van der Waals surface area contributed by atoms with Crippen molar-refractivity contribution in [1.29, 1.82) is 0 Å². The quantitative estimate of drug-likeness (QED) is 0.360. The Bertz CT molecular complexity index is 228. The number of nitrogens with one attached hydrogen (secondary N) is 1. The molecule has 0 rings (SSSR count). The molecular formula is C6H12N4O3. The van der Waals surface area contributed by atoms with E-state index in [4.69, 9.17) is 17.2 Å². The van der Waals surface area contributed by atoms with E-state index in [1.807, 2.05) is 0 Å². The molecule has 0 heterocycles. The molecule has 1 atom stereocenters. The Labute approximate surface area is 74.6 Å². The number of hydrogen-bond acceptors (Lipinski definition) is 4. The molecular weight excluding hydrogens is 176 g/mol. The minimum Gasteiger partial charge on any atom is -0.370 e. The van der Waals surface area contributed by atoms with Crippen molar-refractivity contribution in [2.75, 3.05) is 6.54 Å². The molecule has 0 saturated heterocycles. The van der Waals surface area contributed by atoms with Crippen LogP contribution in [0.4, 0.5) is 0 Å². The van der Waals surface area contributed by atoms with E-state index < -0.39 is 23.8 Å². The van der Waals surface area contributed by atoms with Crippen molar-refractivity contribution in [3.63, 3.8) is 0 Å². The van der Waals surface area contributed by atoms with Gasteiger partial charge in [0.25, 0.3) is 0 Å². The van der Waals surface area contributed by atoms with Gasteiger partial charge in [-0.1, -0.05) is 0 Å². The zero-order valence-corrected chi connectivity index (χ0v) is 6.95. The maximum atomic E-state index is 10.7. The summed E-state index contributed by atoms with van der Waals surface area (Å²) >= 11 is 0. The van der Waals surface area contributed by atoms with Crippen LogP contribution in [0.15, 0.2) is 0 Å². The van der Waals surface area contributed by atoms with E-state index in [1.54, 1.807) is 0 Å². The van der Waals surface area contributed by atoms with Crippen LogP contribution in [0.3, 0.4) is 0 Å². The highest BCUT2D eigenvalue weighted by atomic mass is 16.2. The van der Waals surface area contributed by atoms with Crippen LogP contribution in [-0.2, 0) is 14.4 Å². The highest BCUT2D eigenvalue weighted by Crippen LogP contribution is 1.89. The highest BCUT2D eigenvalue weighted by Gasteiger charge is 2.19. The maximum absolute atomic E-state index is 10.7. The molecule has 0 aliphatic rings. The van der Waals surface area contributed by atoms with E-state index in [9.17, 15) is 14.4 Å². The Balaban J connectivity index is 4.18. The van der Waals surface area contributed by atoms with Crippen molar-refractivity contribution in [3.8, 4) is 0 Å². The molecule has 7 heteroatoms. The standard InChI is InChI=1S/C6H12N4O3/c7-2-5(12)10-3(6(9)13)1-4(8)11/h3H,1-2,7H2,(H2,8,11)(H2,9,13)(H,10,12). The van der Waals surface area contributed by atoms with Gasteiger partial charge in [0.15, 0.2) is 0 Å². The van der Waals surface area contributed by atoms with E-state index in [1.165, 1.54) is 0 Å². The van der Waals surface area contributed by atoms with Gasteiger partial charge in [0.2, 0.25) is 17.7 Å². The molecule has 0 bridgehead atoms. The summed E-state index contributed by atoms with van der Waals surface area (Å²) in [5.74, 6) is -2.10. The van der Waals surface area contributed by atoms with Gasteiger partial charge in [0.05, 0.1) is 13.0 Å². The molecule has 0 aliphatic heterocycles. The lowest BCUT2D eigenvalue weighted by Gasteiger charge is -2.12. The lowest BCUT2D eigenvalue weighted by Crippen LogP contribution is -2.48. The van der Waals surface area contributed by atoms with Crippen LogP contribution in [0.1, 0.15) is 6.42 Å². The maximum Gasteiger partial charge on any atom is 0.240 e. The molecule has 0 radical (unpaired) electrons. The summed E-state index contributed by atoms with van der Waals surface area (Å²) in [4.78, 5) is 31.8. The van der Waals surface area contributed by atoms with Gasteiger partial charge in [-0.15, -0.1) is 0 Å². The molecule has 3 amide bonds. The first-order chi connectivity index (χ1) is 5.97. The Morgan fingerprint density at radius 2 is 1.77 bits per heavy atom. The first kappa shape index (κ1) is 11.4. The van der Waals surface area contributed by atoms with Gasteiger partial charge in [0.1, 0.15) is 6.04 Å². The van der Waals surface area contributed by atoms with E-state index >= 15 is 0 Å². The molecule has 0 aromatic carbocycles. The molecule has 0 aliphatic carbocycles. The Morgan fingerprint density at radius 3 is 2.08 bits per heavy atom. The Morgan fingerprint density at radius 1 is 1.23 bits per heavy atom. The van der Waals surface area contributed by atoms with E-state index in [0.29, 0.717) is 0 Å². The Hall–Kier alpha value is -1.63. The van der Waals surface area contributed by atoms with Gasteiger partial charge >= 0.3 is 0 Å². The van der Waals surface area contributed by atoms with Crippen molar-refractivity contribution >= 4 is 17.7 Å². The topological polar surface area (TPSA) is 141 Å². The SMILES string of the molecule is NCC(=O)NC(CC(N)=O)C(N)=O. The van der Waals surface area contributed by atoms with Crippen LogP contribution in [0.2, 0.25) is 0 Å². The highest BCUT2D eigenvalue weighted by molar-refractivity contribution is 5.91. The van der Waals surface area contributed by atoms with Gasteiger partial charge in [0, 0.05) is 0 Å². The summed E-state index contributed by atoms with van der Waals surface area (Å²) in [6.45, 7) is -0.275. The van der Waals surface area contributed by atoms with Crippen LogP contribution in [0, 0.1) is 0 Å². The number of hydrogen-bond donors (Lipinski definition) is 4. The summed E-state index contributed by atoms with van der Waals surface area (Å²) in [7, 11) is 0. The smallest absolute Gasteiger partial charge is 0.240 e. The fourth-order valence-corrected chi connectivity index (χ4v) is 0.677. The molecule has 0 saturated carbocycles. The predicted octanol–water partition coefficient (Wildman–Crippen LogP) is -3.21. The van der Waals surface area contributed by atoms with Gasteiger partial charge in [-0.25, -0.2) is 0 Å². The predicted molar refractivity (Wildman–Crippen MR) is 44.0 cm³/mol. The molecule has 1 unspecified atom stereocenters. The third-order valence-corrected chi connectivity index (χ3v) is 1.27. The van der Waals surface area contributed by atoms with E-state index in [0.717, 1.165) is 0 Å². The second-order valence-electron chi connectivity index (χ2n) is 2.40. The average Bonchev–Trinajstić information content (AvgIpc) is 2.02. The average molecular weight is 188 g/mol. The zero-order chi connectivity index (χ0) is 10.4. The van der Waals surface area contributed by atoms with Crippen molar-refractivity contribution in [3.05, 3.63) is 0 Å². The largest absolute Gasteiger partial charge is 0.370 e. The van der Waals surface area contributed by atoms with Crippen molar-refractivity contribution in [2.24, 2.45) is 17.2 Å². The van der Waals surface area contributed by atoms with Crippen molar-refractivity contribution < 1.29 is 14.4 Å². The molecule has 7 nitrogen and oxygen atoms in total. The molecule has 74 valence electrons. The number of carbonyl (C=O) groups is 3. The van der Waals surface area contributed by atoms with Crippen LogP contribution < -0.4 is 22.5 Å². The normalized spacial score (nSPS) is 11.8. The molecule has 0 aromatic rings. The van der Waals surface area contributed by atoms with Gasteiger partial charge in [-0.05, 0) is 0 Å². The van der Waals surface area contributed by atoms with Gasteiger partial charge < -0.3 is 22.5 Å². The molecule has 0 spiro atoms. The lowest BCUT2D eigenvalue weighted by atomic mass is 10.2. The Kier molecular flexibility index (Phi) is 4.45. The second kappa shape index (κ2) is 5.09. The molecule has 13 heavy (non-hydrogen) atoms. The fourth-order valence-electron chi connectivity index (χ4n) is 0.677. The minimum atomic E-state index is -1.08. The molecule has 0 fully saturated rings. The monoisotopic (exact) mass is 188 g/mol. The summed E-state index contributed by atoms with van der Waals surface area (Å²) < 4.78 is 0. The lowest BCUT2D eigenvalue weighted by molar-refractivity contribution is -0.129. The summed E-state index contributed by atoms with van der Waals surface area (Å²) in [5, 5.41) is 2.16. The van der Waals surface area contributed by atoms with Crippen LogP contribution in [0.25, 0.3) is 0 Å².